The SMILES string of the molecule is O=C1OCC=C1[C@@H]1CCC=C2C(=O)OC[C@@H]21. The van der Waals surface area contributed by atoms with Gasteiger partial charge in [-0.25, -0.2) is 9.59 Å². The highest BCUT2D eigenvalue weighted by molar-refractivity contribution is 5.94. The maximum atomic E-state index is 11.5. The summed E-state index contributed by atoms with van der Waals surface area (Å²) in [5.41, 5.74) is 1.48. The number of hydrogen-bond donors (Lipinski definition) is 0. The van der Waals surface area contributed by atoms with Crippen molar-refractivity contribution >= 4 is 11.9 Å². The van der Waals surface area contributed by atoms with E-state index < -0.39 is 0 Å². The van der Waals surface area contributed by atoms with Gasteiger partial charge in [-0.15, -0.1) is 0 Å². The van der Waals surface area contributed by atoms with E-state index in [0.717, 1.165) is 24.0 Å². The van der Waals surface area contributed by atoms with Crippen LogP contribution in [0, 0.1) is 11.8 Å². The first kappa shape index (κ1) is 9.63. The zero-order chi connectivity index (χ0) is 11.1. The van der Waals surface area contributed by atoms with Gasteiger partial charge in [0.25, 0.3) is 0 Å². The van der Waals surface area contributed by atoms with Crippen molar-refractivity contribution in [3.8, 4) is 0 Å². The molecule has 2 heterocycles. The van der Waals surface area contributed by atoms with Crippen molar-refractivity contribution in [1.82, 2.24) is 0 Å². The Morgan fingerprint density at radius 2 is 1.75 bits per heavy atom. The van der Waals surface area contributed by atoms with Crippen LogP contribution in [-0.2, 0) is 19.1 Å². The van der Waals surface area contributed by atoms with Gasteiger partial charge in [0.05, 0.1) is 6.61 Å². The minimum atomic E-state index is -0.231. The maximum Gasteiger partial charge on any atom is 0.334 e. The lowest BCUT2D eigenvalue weighted by atomic mass is 9.76. The Bertz CT molecular complexity index is 419. The second-order valence-corrected chi connectivity index (χ2v) is 4.31. The van der Waals surface area contributed by atoms with Crippen LogP contribution in [0.5, 0.6) is 0 Å². The third-order valence-corrected chi connectivity index (χ3v) is 3.51. The van der Waals surface area contributed by atoms with Gasteiger partial charge < -0.3 is 9.47 Å². The van der Waals surface area contributed by atoms with Gasteiger partial charge in [0.2, 0.25) is 0 Å². The number of fused-ring (bicyclic) bond motifs is 1. The average Bonchev–Trinajstić information content (AvgIpc) is 2.86. The van der Waals surface area contributed by atoms with E-state index in [2.05, 4.69) is 0 Å². The Morgan fingerprint density at radius 1 is 1.00 bits per heavy atom. The summed E-state index contributed by atoms with van der Waals surface area (Å²) in [5.74, 6) is -0.299. The van der Waals surface area contributed by atoms with Crippen LogP contribution in [0.3, 0.4) is 0 Å². The lowest BCUT2D eigenvalue weighted by Gasteiger charge is -2.25. The minimum Gasteiger partial charge on any atom is -0.462 e. The average molecular weight is 220 g/mol. The molecule has 1 aliphatic carbocycles. The third-order valence-electron chi connectivity index (χ3n) is 3.51. The number of esters is 2. The molecule has 4 nitrogen and oxygen atoms in total. The normalized spacial score (nSPS) is 32.8. The van der Waals surface area contributed by atoms with Gasteiger partial charge in [0.15, 0.2) is 0 Å². The van der Waals surface area contributed by atoms with Gasteiger partial charge in [-0.05, 0) is 18.9 Å². The van der Waals surface area contributed by atoms with Gasteiger partial charge in [-0.3, -0.25) is 0 Å². The predicted octanol–water partition coefficient (Wildman–Crippen LogP) is 0.979. The van der Waals surface area contributed by atoms with Crippen LogP contribution in [0.4, 0.5) is 0 Å². The molecule has 0 amide bonds. The molecule has 0 bridgehead atoms. The molecular weight excluding hydrogens is 208 g/mol. The largest absolute Gasteiger partial charge is 0.462 e. The van der Waals surface area contributed by atoms with Crippen molar-refractivity contribution < 1.29 is 19.1 Å². The fourth-order valence-electron chi connectivity index (χ4n) is 2.73. The molecule has 4 heteroatoms. The van der Waals surface area contributed by atoms with Gasteiger partial charge in [-0.1, -0.05) is 6.08 Å². The van der Waals surface area contributed by atoms with Gasteiger partial charge in [0, 0.05) is 23.0 Å². The first-order valence-electron chi connectivity index (χ1n) is 5.51. The second-order valence-electron chi connectivity index (χ2n) is 4.31. The lowest BCUT2D eigenvalue weighted by molar-refractivity contribution is -0.136. The van der Waals surface area contributed by atoms with E-state index in [1.807, 2.05) is 12.2 Å². The summed E-state index contributed by atoms with van der Waals surface area (Å²) < 4.78 is 9.96. The van der Waals surface area contributed by atoms with E-state index in [-0.39, 0.29) is 23.8 Å². The summed E-state index contributed by atoms with van der Waals surface area (Å²) in [6.45, 7) is 0.769. The summed E-state index contributed by atoms with van der Waals surface area (Å²) in [7, 11) is 0. The van der Waals surface area contributed by atoms with Crippen molar-refractivity contribution in [2.24, 2.45) is 11.8 Å². The van der Waals surface area contributed by atoms with Crippen LogP contribution in [0.2, 0.25) is 0 Å². The summed E-state index contributed by atoms with van der Waals surface area (Å²) in [4.78, 5) is 22.9. The first-order valence-corrected chi connectivity index (χ1v) is 5.51. The molecule has 1 saturated heterocycles. The zero-order valence-electron chi connectivity index (χ0n) is 8.77. The van der Waals surface area contributed by atoms with Crippen molar-refractivity contribution in [2.75, 3.05) is 13.2 Å². The molecule has 16 heavy (non-hydrogen) atoms. The number of rotatable bonds is 1. The van der Waals surface area contributed by atoms with Gasteiger partial charge in [-0.2, -0.15) is 0 Å². The third kappa shape index (κ3) is 1.29. The highest BCUT2D eigenvalue weighted by Crippen LogP contribution is 2.40. The number of ether oxygens (including phenoxy) is 2. The Labute approximate surface area is 92.9 Å². The molecule has 0 radical (unpaired) electrons. The monoisotopic (exact) mass is 220 g/mol. The molecule has 0 aromatic heterocycles. The van der Waals surface area contributed by atoms with E-state index in [1.165, 1.54) is 0 Å². The van der Waals surface area contributed by atoms with E-state index >= 15 is 0 Å². The summed E-state index contributed by atoms with van der Waals surface area (Å²) in [6, 6.07) is 0. The van der Waals surface area contributed by atoms with E-state index in [1.54, 1.807) is 0 Å². The molecule has 3 rings (SSSR count). The molecule has 0 N–H and O–H groups in total. The van der Waals surface area contributed by atoms with Crippen LogP contribution < -0.4 is 0 Å². The Morgan fingerprint density at radius 3 is 2.50 bits per heavy atom. The summed E-state index contributed by atoms with van der Waals surface area (Å²) in [5, 5.41) is 0. The fraction of sp³-hybridized carbons (Fsp3) is 0.500. The standard InChI is InChI=1S/C12H12O4/c13-11-9(4-5-15-11)7-2-1-3-8-10(7)6-16-12(8)14/h3-4,7,10H,1-2,5-6H2/t7-,10+/m0/s1. The number of hydrogen-bond acceptors (Lipinski definition) is 4. The summed E-state index contributed by atoms with van der Waals surface area (Å²) in [6.07, 6.45) is 5.50. The quantitative estimate of drug-likeness (QED) is 0.618. The predicted molar refractivity (Wildman–Crippen MR) is 54.3 cm³/mol. The number of cyclic esters (lactones) is 2. The highest BCUT2D eigenvalue weighted by atomic mass is 16.5. The van der Waals surface area contributed by atoms with E-state index in [0.29, 0.717) is 13.2 Å². The molecule has 84 valence electrons. The number of carbonyl (C=O) groups is 2. The van der Waals surface area contributed by atoms with E-state index in [9.17, 15) is 9.59 Å². The molecule has 2 aliphatic heterocycles. The van der Waals surface area contributed by atoms with Crippen LogP contribution in [-0.4, -0.2) is 25.2 Å². The molecular formula is C12H12O4. The van der Waals surface area contributed by atoms with Crippen LogP contribution >= 0.6 is 0 Å². The maximum absolute atomic E-state index is 11.5. The van der Waals surface area contributed by atoms with Crippen LogP contribution in [0.25, 0.3) is 0 Å². The van der Waals surface area contributed by atoms with Crippen molar-refractivity contribution in [3.05, 3.63) is 23.3 Å². The molecule has 1 fully saturated rings. The van der Waals surface area contributed by atoms with Crippen molar-refractivity contribution in [2.45, 2.75) is 12.8 Å². The topological polar surface area (TPSA) is 52.6 Å². The molecule has 0 saturated carbocycles. The van der Waals surface area contributed by atoms with Crippen LogP contribution in [0.15, 0.2) is 23.3 Å². The first-order chi connectivity index (χ1) is 7.77. The summed E-state index contributed by atoms with van der Waals surface area (Å²) >= 11 is 0. The Hall–Kier alpha value is -1.58. The van der Waals surface area contributed by atoms with Crippen LogP contribution in [0.1, 0.15) is 12.8 Å². The minimum absolute atomic E-state index is 0.0538. The fourth-order valence-corrected chi connectivity index (χ4v) is 2.73. The lowest BCUT2D eigenvalue weighted by Crippen LogP contribution is -2.24. The molecule has 0 spiro atoms. The zero-order valence-corrected chi connectivity index (χ0v) is 8.77. The highest BCUT2D eigenvalue weighted by Gasteiger charge is 2.42. The van der Waals surface area contributed by atoms with Crippen molar-refractivity contribution in [1.29, 1.82) is 0 Å². The Kier molecular flexibility index (Phi) is 2.09. The molecule has 0 unspecified atom stereocenters. The number of allylic oxidation sites excluding steroid dienone is 1. The smallest absolute Gasteiger partial charge is 0.334 e. The molecule has 0 aromatic carbocycles. The van der Waals surface area contributed by atoms with Gasteiger partial charge >= 0.3 is 11.9 Å². The molecule has 2 atom stereocenters. The molecule has 0 aromatic rings. The van der Waals surface area contributed by atoms with E-state index in [4.69, 9.17) is 9.47 Å². The van der Waals surface area contributed by atoms with Crippen molar-refractivity contribution in [3.63, 3.8) is 0 Å². The number of carbonyl (C=O) groups excluding carboxylic acids is 2. The molecule has 3 aliphatic rings. The Balaban J connectivity index is 1.91. The second kappa shape index (κ2) is 3.47. The van der Waals surface area contributed by atoms with Gasteiger partial charge in [0.1, 0.15) is 6.61 Å².